The largest absolute Gasteiger partial charge is 0.349 e. The predicted octanol–water partition coefficient (Wildman–Crippen LogP) is -0.773. The van der Waals surface area contributed by atoms with Gasteiger partial charge >= 0.3 is 0 Å². The highest BCUT2D eigenvalue weighted by atomic mass is 32.2. The number of sulfone groups is 1. The first-order chi connectivity index (χ1) is 6.24. The average Bonchev–Trinajstić information content (AvgIpc) is 1.97. The van der Waals surface area contributed by atoms with Crippen molar-refractivity contribution in [2.75, 3.05) is 25.6 Å². The molecule has 0 fully saturated rings. The van der Waals surface area contributed by atoms with Crippen molar-refractivity contribution in [2.24, 2.45) is 5.73 Å². The Bertz CT molecular complexity index is 283. The summed E-state index contributed by atoms with van der Waals surface area (Å²) in [7, 11) is 0.0135. The SMILES string of the molecule is CC(N)CS(=O)(=O)CCC(=O)N(C)C. The van der Waals surface area contributed by atoms with Crippen molar-refractivity contribution >= 4 is 15.7 Å². The van der Waals surface area contributed by atoms with Gasteiger partial charge in [-0.15, -0.1) is 0 Å². The summed E-state index contributed by atoms with van der Waals surface area (Å²) in [5.74, 6) is -0.363. The molecule has 0 aromatic carbocycles. The minimum absolute atomic E-state index is 0.0298. The molecule has 5 nitrogen and oxygen atoms in total. The van der Waals surface area contributed by atoms with Gasteiger partial charge in [-0.3, -0.25) is 4.79 Å². The fraction of sp³-hybridized carbons (Fsp3) is 0.875. The highest BCUT2D eigenvalue weighted by Crippen LogP contribution is 1.98. The second-order valence-corrected chi connectivity index (χ2v) is 5.86. The van der Waals surface area contributed by atoms with E-state index in [1.165, 1.54) is 4.90 Å². The van der Waals surface area contributed by atoms with E-state index >= 15 is 0 Å². The van der Waals surface area contributed by atoms with Gasteiger partial charge in [0.1, 0.15) is 0 Å². The molecule has 1 amide bonds. The maximum absolute atomic E-state index is 11.3. The number of nitrogens with two attached hydrogens (primary N) is 1. The van der Waals surface area contributed by atoms with Crippen LogP contribution in [-0.4, -0.2) is 50.9 Å². The van der Waals surface area contributed by atoms with Gasteiger partial charge < -0.3 is 10.6 Å². The quantitative estimate of drug-likeness (QED) is 0.662. The Hall–Kier alpha value is -0.620. The van der Waals surface area contributed by atoms with Crippen LogP contribution in [0.5, 0.6) is 0 Å². The van der Waals surface area contributed by atoms with Gasteiger partial charge in [0.25, 0.3) is 0 Å². The second kappa shape index (κ2) is 5.31. The lowest BCUT2D eigenvalue weighted by Crippen LogP contribution is -2.30. The molecule has 0 bridgehead atoms. The smallest absolute Gasteiger partial charge is 0.223 e. The summed E-state index contributed by atoms with van der Waals surface area (Å²) in [6.45, 7) is 1.63. The lowest BCUT2D eigenvalue weighted by molar-refractivity contribution is -0.128. The molecule has 0 saturated carbocycles. The fourth-order valence-corrected chi connectivity index (χ4v) is 2.40. The van der Waals surface area contributed by atoms with Crippen LogP contribution in [0.1, 0.15) is 13.3 Å². The summed E-state index contributed by atoms with van der Waals surface area (Å²) in [4.78, 5) is 12.5. The Morgan fingerprint density at radius 2 is 1.93 bits per heavy atom. The van der Waals surface area contributed by atoms with E-state index in [4.69, 9.17) is 5.73 Å². The van der Waals surface area contributed by atoms with Crippen molar-refractivity contribution in [2.45, 2.75) is 19.4 Å². The number of amides is 1. The third-order valence-corrected chi connectivity index (χ3v) is 3.50. The molecule has 0 aliphatic carbocycles. The van der Waals surface area contributed by atoms with Crippen LogP contribution in [0.15, 0.2) is 0 Å². The molecule has 0 aliphatic heterocycles. The Kier molecular flexibility index (Phi) is 5.07. The van der Waals surface area contributed by atoms with E-state index in [2.05, 4.69) is 0 Å². The Morgan fingerprint density at radius 1 is 1.43 bits per heavy atom. The molecule has 0 aromatic heterocycles. The summed E-state index contributed by atoms with van der Waals surface area (Å²) < 4.78 is 22.6. The van der Waals surface area contributed by atoms with E-state index < -0.39 is 9.84 Å². The first-order valence-electron chi connectivity index (χ1n) is 4.41. The van der Waals surface area contributed by atoms with Crippen LogP contribution < -0.4 is 5.73 Å². The monoisotopic (exact) mass is 222 g/mol. The molecule has 6 heteroatoms. The van der Waals surface area contributed by atoms with Crippen molar-refractivity contribution in [3.05, 3.63) is 0 Å². The summed E-state index contributed by atoms with van der Waals surface area (Å²) >= 11 is 0. The Morgan fingerprint density at radius 3 is 2.29 bits per heavy atom. The van der Waals surface area contributed by atoms with Gasteiger partial charge in [0.15, 0.2) is 9.84 Å². The highest BCUT2D eigenvalue weighted by Gasteiger charge is 2.16. The van der Waals surface area contributed by atoms with Crippen LogP contribution in [0.4, 0.5) is 0 Å². The molecule has 0 saturated heterocycles. The molecule has 0 aromatic rings. The lowest BCUT2D eigenvalue weighted by atomic mass is 10.4. The van der Waals surface area contributed by atoms with Crippen LogP contribution in [0.25, 0.3) is 0 Å². The number of rotatable bonds is 5. The van der Waals surface area contributed by atoms with Gasteiger partial charge in [0, 0.05) is 26.6 Å². The molecule has 0 aliphatic rings. The Balaban J connectivity index is 4.07. The van der Waals surface area contributed by atoms with Gasteiger partial charge in [0.05, 0.1) is 11.5 Å². The van der Waals surface area contributed by atoms with Crippen molar-refractivity contribution in [1.82, 2.24) is 4.90 Å². The molecule has 84 valence electrons. The maximum Gasteiger partial charge on any atom is 0.223 e. The standard InChI is InChI=1S/C8H18N2O3S/c1-7(9)6-14(12,13)5-4-8(11)10(2)3/h7H,4-6,9H2,1-3H3. The van der Waals surface area contributed by atoms with Crippen LogP contribution >= 0.6 is 0 Å². The van der Waals surface area contributed by atoms with Gasteiger partial charge in [-0.1, -0.05) is 0 Å². The molecule has 2 N–H and O–H groups in total. The first kappa shape index (κ1) is 13.4. The van der Waals surface area contributed by atoms with Crippen molar-refractivity contribution in [1.29, 1.82) is 0 Å². The van der Waals surface area contributed by atoms with Crippen molar-refractivity contribution in [3.63, 3.8) is 0 Å². The van der Waals surface area contributed by atoms with Crippen LogP contribution in [0.2, 0.25) is 0 Å². The third-order valence-electron chi connectivity index (χ3n) is 1.64. The van der Waals surface area contributed by atoms with E-state index in [9.17, 15) is 13.2 Å². The van der Waals surface area contributed by atoms with E-state index in [0.29, 0.717) is 0 Å². The highest BCUT2D eigenvalue weighted by molar-refractivity contribution is 7.91. The zero-order valence-electron chi connectivity index (χ0n) is 8.86. The molecular formula is C8H18N2O3S. The van der Waals surface area contributed by atoms with Gasteiger partial charge in [-0.25, -0.2) is 8.42 Å². The van der Waals surface area contributed by atoms with E-state index in [0.717, 1.165) is 0 Å². The minimum atomic E-state index is -3.18. The zero-order valence-corrected chi connectivity index (χ0v) is 9.67. The molecular weight excluding hydrogens is 204 g/mol. The number of hydrogen-bond donors (Lipinski definition) is 1. The van der Waals surface area contributed by atoms with Crippen LogP contribution in [0.3, 0.4) is 0 Å². The number of carbonyl (C=O) groups is 1. The zero-order chi connectivity index (χ0) is 11.4. The third kappa shape index (κ3) is 5.93. The summed E-state index contributed by atoms with van der Waals surface area (Å²) in [5, 5.41) is 0. The van der Waals surface area contributed by atoms with E-state index in [1.54, 1.807) is 21.0 Å². The topological polar surface area (TPSA) is 80.5 Å². The second-order valence-electron chi connectivity index (χ2n) is 3.63. The molecule has 14 heavy (non-hydrogen) atoms. The summed E-state index contributed by atoms with van der Waals surface area (Å²) in [6.07, 6.45) is 0.0298. The number of carbonyl (C=O) groups excluding carboxylic acids is 1. The maximum atomic E-state index is 11.3. The van der Waals surface area contributed by atoms with Crippen LogP contribution in [-0.2, 0) is 14.6 Å². The fourth-order valence-electron chi connectivity index (χ4n) is 0.950. The van der Waals surface area contributed by atoms with Gasteiger partial charge in [-0.2, -0.15) is 0 Å². The molecule has 1 unspecified atom stereocenters. The van der Waals surface area contributed by atoms with Crippen molar-refractivity contribution < 1.29 is 13.2 Å². The van der Waals surface area contributed by atoms with Crippen molar-refractivity contribution in [3.8, 4) is 0 Å². The first-order valence-corrected chi connectivity index (χ1v) is 6.23. The number of nitrogens with zero attached hydrogens (tertiary/aromatic N) is 1. The molecule has 0 spiro atoms. The average molecular weight is 222 g/mol. The Labute approximate surface area is 85.2 Å². The molecule has 0 heterocycles. The molecule has 0 radical (unpaired) electrons. The molecule has 0 rings (SSSR count). The van der Waals surface area contributed by atoms with Crippen LogP contribution in [0, 0.1) is 0 Å². The minimum Gasteiger partial charge on any atom is -0.349 e. The number of hydrogen-bond acceptors (Lipinski definition) is 4. The predicted molar refractivity (Wildman–Crippen MR) is 55.6 cm³/mol. The van der Waals surface area contributed by atoms with Gasteiger partial charge in [-0.05, 0) is 6.92 Å². The summed E-state index contributed by atoms with van der Waals surface area (Å²) in [6, 6.07) is -0.380. The summed E-state index contributed by atoms with van der Waals surface area (Å²) in [5.41, 5.74) is 5.37. The lowest BCUT2D eigenvalue weighted by Gasteiger charge is -2.10. The normalized spacial score (nSPS) is 13.7. The van der Waals surface area contributed by atoms with Gasteiger partial charge in [0.2, 0.25) is 5.91 Å². The molecule has 1 atom stereocenters. The van der Waals surface area contributed by atoms with E-state index in [-0.39, 0.29) is 29.9 Å². The van der Waals surface area contributed by atoms with E-state index in [1.807, 2.05) is 0 Å².